The number of halogens is 1. The monoisotopic (exact) mass is 408 g/mol. The van der Waals surface area contributed by atoms with Gasteiger partial charge in [0.15, 0.2) is 0 Å². The van der Waals surface area contributed by atoms with Gasteiger partial charge in [-0.15, -0.1) is 0 Å². The van der Waals surface area contributed by atoms with Gasteiger partial charge in [0.25, 0.3) is 0 Å². The second-order valence-electron chi connectivity index (χ2n) is 8.14. The van der Waals surface area contributed by atoms with Gasteiger partial charge in [-0.2, -0.15) is 0 Å². The van der Waals surface area contributed by atoms with E-state index in [1.54, 1.807) is 0 Å². The van der Waals surface area contributed by atoms with Crippen LogP contribution in [0.15, 0.2) is 16.6 Å². The molecule has 2 unspecified atom stereocenters. The average molecular weight is 409 g/mol. The third kappa shape index (κ3) is 3.14. The summed E-state index contributed by atoms with van der Waals surface area (Å²) >= 11 is 3.65. The highest BCUT2D eigenvalue weighted by Gasteiger charge is 2.45. The largest absolute Gasteiger partial charge is 0.444 e. The Bertz CT molecular complexity index is 701. The number of carbonyl (C=O) groups excluding carboxylic acids is 1. The van der Waals surface area contributed by atoms with Gasteiger partial charge in [0.2, 0.25) is 0 Å². The van der Waals surface area contributed by atoms with Crippen LogP contribution in [0.2, 0.25) is 0 Å². The lowest BCUT2D eigenvalue weighted by Gasteiger charge is -2.39. The quantitative estimate of drug-likeness (QED) is 0.652. The Morgan fingerprint density at radius 1 is 1.32 bits per heavy atom. The Morgan fingerprint density at radius 2 is 2.12 bits per heavy atom. The van der Waals surface area contributed by atoms with E-state index >= 15 is 0 Å². The van der Waals surface area contributed by atoms with Gasteiger partial charge in [-0.3, -0.25) is 0 Å². The predicted octanol–water partition coefficient (Wildman–Crippen LogP) is 3.89. The molecular weight excluding hydrogens is 384 g/mol. The van der Waals surface area contributed by atoms with Crippen LogP contribution in [0.4, 0.5) is 10.5 Å². The van der Waals surface area contributed by atoms with Crippen molar-refractivity contribution in [1.82, 2.24) is 4.90 Å². The van der Waals surface area contributed by atoms with Crippen LogP contribution in [-0.4, -0.2) is 48.9 Å². The Hall–Kier alpha value is -1.27. The summed E-state index contributed by atoms with van der Waals surface area (Å²) in [5.41, 5.74) is 3.47. The van der Waals surface area contributed by atoms with Gasteiger partial charge in [0, 0.05) is 47.3 Å². The van der Waals surface area contributed by atoms with E-state index in [9.17, 15) is 4.79 Å². The van der Waals surface area contributed by atoms with Crippen LogP contribution in [0.25, 0.3) is 0 Å². The zero-order valence-corrected chi connectivity index (χ0v) is 16.6. The number of carbonyl (C=O) groups is 1. The lowest BCUT2D eigenvalue weighted by Crippen LogP contribution is -2.49. The van der Waals surface area contributed by atoms with Gasteiger partial charge in [0.05, 0.1) is 13.2 Å². The summed E-state index contributed by atoms with van der Waals surface area (Å²) in [6.45, 7) is 9.56. The first-order valence-electron chi connectivity index (χ1n) is 8.98. The fourth-order valence-corrected chi connectivity index (χ4v) is 4.84. The van der Waals surface area contributed by atoms with Crippen molar-refractivity contribution in [3.63, 3.8) is 0 Å². The molecule has 1 aromatic carbocycles. The van der Waals surface area contributed by atoms with Crippen LogP contribution >= 0.6 is 15.9 Å². The minimum Gasteiger partial charge on any atom is -0.444 e. The van der Waals surface area contributed by atoms with Crippen molar-refractivity contribution < 1.29 is 14.3 Å². The van der Waals surface area contributed by atoms with Crippen LogP contribution < -0.4 is 4.90 Å². The molecule has 0 aromatic heterocycles. The molecule has 2 atom stereocenters. The molecule has 0 aliphatic carbocycles. The van der Waals surface area contributed by atoms with E-state index in [-0.39, 0.29) is 6.09 Å². The zero-order chi connectivity index (χ0) is 17.8. The lowest BCUT2D eigenvalue weighted by molar-refractivity contribution is 0.0188. The normalized spacial score (nSPS) is 25.3. The van der Waals surface area contributed by atoms with Gasteiger partial charge in [-0.05, 0) is 44.9 Å². The molecule has 0 bridgehead atoms. The fraction of sp³-hybridized carbons (Fsp3) is 0.632. The highest BCUT2D eigenvalue weighted by molar-refractivity contribution is 9.10. The number of fused-ring (bicyclic) bond motifs is 3. The molecule has 3 heterocycles. The van der Waals surface area contributed by atoms with Crippen molar-refractivity contribution in [1.29, 1.82) is 0 Å². The van der Waals surface area contributed by atoms with E-state index in [1.165, 1.54) is 16.8 Å². The topological polar surface area (TPSA) is 42.0 Å². The summed E-state index contributed by atoms with van der Waals surface area (Å²) in [5, 5.41) is 0. The average Bonchev–Trinajstić information content (AvgIpc) is 2.68. The minimum absolute atomic E-state index is 0.198. The zero-order valence-electron chi connectivity index (χ0n) is 15.0. The lowest BCUT2D eigenvalue weighted by atomic mass is 9.89. The maximum absolute atomic E-state index is 12.5. The third-order valence-corrected chi connectivity index (χ3v) is 5.69. The molecule has 0 spiro atoms. The molecule has 1 fully saturated rings. The molecule has 1 aromatic rings. The molecule has 1 amide bonds. The number of nitrogens with zero attached hydrogens (tertiary/aromatic N) is 2. The summed E-state index contributed by atoms with van der Waals surface area (Å²) < 4.78 is 12.5. The number of amides is 1. The maximum Gasteiger partial charge on any atom is 0.410 e. The number of hydrogen-bond acceptors (Lipinski definition) is 4. The molecular formula is C19H25BrN2O3. The number of hydrogen-bond donors (Lipinski definition) is 0. The van der Waals surface area contributed by atoms with E-state index in [4.69, 9.17) is 9.47 Å². The van der Waals surface area contributed by atoms with Gasteiger partial charge < -0.3 is 19.3 Å². The fourth-order valence-electron chi connectivity index (χ4n) is 4.32. The Balaban J connectivity index is 1.64. The first-order chi connectivity index (χ1) is 11.8. The Morgan fingerprint density at radius 3 is 2.88 bits per heavy atom. The molecule has 136 valence electrons. The third-order valence-electron chi connectivity index (χ3n) is 5.23. The summed E-state index contributed by atoms with van der Waals surface area (Å²) in [6.07, 6.45) is 0.770. The summed E-state index contributed by atoms with van der Waals surface area (Å²) in [5.74, 6) is 0.339. The van der Waals surface area contributed by atoms with Crippen molar-refractivity contribution in [2.75, 3.05) is 31.1 Å². The molecule has 25 heavy (non-hydrogen) atoms. The number of benzene rings is 1. The molecule has 1 saturated heterocycles. The molecule has 0 saturated carbocycles. The van der Waals surface area contributed by atoms with Crippen LogP contribution in [0.3, 0.4) is 0 Å². The van der Waals surface area contributed by atoms with Crippen molar-refractivity contribution in [3.05, 3.63) is 27.7 Å². The van der Waals surface area contributed by atoms with E-state index in [0.29, 0.717) is 18.6 Å². The van der Waals surface area contributed by atoms with E-state index < -0.39 is 5.60 Å². The molecule has 0 radical (unpaired) electrons. The van der Waals surface area contributed by atoms with Crippen molar-refractivity contribution in [2.24, 2.45) is 0 Å². The van der Waals surface area contributed by atoms with Crippen LogP contribution in [0.1, 0.15) is 44.2 Å². The standard InChI is InChI=1S/C19H25BrN2O3/c1-19(2,3)25-18(23)21-5-4-16-15(10-21)14-9-13(20)8-12-11-24-7-6-22(16)17(12)14/h8-9,15-16H,4-7,10-11H2,1-3H3. The van der Waals surface area contributed by atoms with Gasteiger partial charge in [0.1, 0.15) is 5.60 Å². The minimum atomic E-state index is -0.456. The highest BCUT2D eigenvalue weighted by Crippen LogP contribution is 2.48. The number of ether oxygens (including phenoxy) is 2. The summed E-state index contributed by atoms with van der Waals surface area (Å²) in [6, 6.07) is 4.84. The highest BCUT2D eigenvalue weighted by atomic mass is 79.9. The van der Waals surface area contributed by atoms with Crippen molar-refractivity contribution >= 4 is 27.7 Å². The molecule has 4 rings (SSSR count). The van der Waals surface area contributed by atoms with Crippen LogP contribution in [-0.2, 0) is 16.1 Å². The van der Waals surface area contributed by atoms with Crippen LogP contribution in [0.5, 0.6) is 0 Å². The SMILES string of the molecule is CC(C)(C)OC(=O)N1CCC2C(C1)c1cc(Br)cc3c1N2CCOC3. The number of likely N-dealkylation sites (tertiary alicyclic amines) is 1. The second-order valence-corrected chi connectivity index (χ2v) is 9.05. The first-order valence-corrected chi connectivity index (χ1v) is 9.77. The molecule has 5 nitrogen and oxygen atoms in total. The van der Waals surface area contributed by atoms with E-state index in [2.05, 4.69) is 33.0 Å². The first kappa shape index (κ1) is 17.2. The number of anilines is 1. The maximum atomic E-state index is 12.5. The Labute approximate surface area is 157 Å². The summed E-state index contributed by atoms with van der Waals surface area (Å²) in [4.78, 5) is 16.9. The molecule has 3 aliphatic rings. The van der Waals surface area contributed by atoms with Crippen molar-refractivity contribution in [2.45, 2.75) is 51.4 Å². The second kappa shape index (κ2) is 6.16. The van der Waals surface area contributed by atoms with Gasteiger partial charge in [-0.1, -0.05) is 15.9 Å². The van der Waals surface area contributed by atoms with Gasteiger partial charge >= 0.3 is 6.09 Å². The molecule has 6 heteroatoms. The summed E-state index contributed by atoms with van der Waals surface area (Å²) in [7, 11) is 0. The van der Waals surface area contributed by atoms with Crippen molar-refractivity contribution in [3.8, 4) is 0 Å². The smallest absolute Gasteiger partial charge is 0.410 e. The van der Waals surface area contributed by atoms with E-state index in [0.717, 1.165) is 37.1 Å². The Kier molecular flexibility index (Phi) is 4.23. The van der Waals surface area contributed by atoms with E-state index in [1.807, 2.05) is 25.7 Å². The van der Waals surface area contributed by atoms with Gasteiger partial charge in [-0.25, -0.2) is 4.79 Å². The number of piperidine rings is 1. The molecule has 3 aliphatic heterocycles. The predicted molar refractivity (Wildman–Crippen MR) is 100 cm³/mol. The van der Waals surface area contributed by atoms with Crippen LogP contribution in [0, 0.1) is 0 Å². The molecule has 0 N–H and O–H groups in total. The number of rotatable bonds is 0.